The van der Waals surface area contributed by atoms with Crippen LogP contribution in [0.4, 0.5) is 0 Å². The van der Waals surface area contributed by atoms with Gasteiger partial charge in [-0.2, -0.15) is 7.84 Å². The first-order valence-electron chi connectivity index (χ1n) is 1.18. The monoisotopic (exact) mass is 201 g/mol. The molecule has 0 aromatic carbocycles. The van der Waals surface area contributed by atoms with Crippen molar-refractivity contribution in [1.82, 2.24) is 6.15 Å². The van der Waals surface area contributed by atoms with Gasteiger partial charge >= 0.3 is 40.9 Å². The Morgan fingerprint density at radius 1 is 1.50 bits per heavy atom. The Bertz CT molecular complexity index is 182. The van der Waals surface area contributed by atoms with Gasteiger partial charge in [0.05, 0.1) is 0 Å². The summed E-state index contributed by atoms with van der Waals surface area (Å²) in [6, 6.07) is 0. The third-order valence-corrected chi connectivity index (χ3v) is 1.27. The first-order chi connectivity index (χ1) is 3.42. The second-order valence-corrected chi connectivity index (χ2v) is 2.49. The Morgan fingerprint density at radius 2 is 1.80 bits per heavy atom. The van der Waals surface area contributed by atoms with Crippen LogP contribution in [0.25, 0.3) is 0 Å². The van der Waals surface area contributed by atoms with E-state index in [2.05, 4.69) is 3.63 Å². The van der Waals surface area contributed by atoms with Gasteiger partial charge in [-0.3, -0.25) is 4.55 Å². The molecule has 0 aliphatic carbocycles. The fourth-order valence-corrected chi connectivity index (χ4v) is 0.642. The van der Waals surface area contributed by atoms with Crippen molar-refractivity contribution in [3.05, 3.63) is 0 Å². The molecule has 0 aromatic rings. The van der Waals surface area contributed by atoms with Crippen LogP contribution in [0, 0.1) is 0 Å². The molecule has 0 amide bonds. The molecule has 0 heterocycles. The standard InChI is InChI=1S/H3N.Na.H2O6S2/c;;1-7(2)6-8(3,4)5/h1H3;;(H,1,2)(H,3,4,5)/q;+1;/p-1. The fraction of sp³-hybridized carbons (Fsp3) is 0. The molecule has 10 heavy (non-hydrogen) atoms. The van der Waals surface area contributed by atoms with E-state index >= 15 is 0 Å². The Morgan fingerprint density at radius 3 is 1.80 bits per heavy atom. The van der Waals surface area contributed by atoms with Crippen molar-refractivity contribution >= 4 is 21.8 Å². The molecule has 4 N–H and O–H groups in total. The van der Waals surface area contributed by atoms with Gasteiger partial charge < -0.3 is 10.7 Å². The van der Waals surface area contributed by atoms with E-state index in [-0.39, 0.29) is 35.7 Å². The largest absolute Gasteiger partial charge is 1.00 e. The molecule has 0 bridgehead atoms. The molecule has 1 unspecified atom stereocenters. The molecule has 0 saturated carbocycles. The molecule has 0 saturated heterocycles. The van der Waals surface area contributed by atoms with Crippen LogP contribution in [0.2, 0.25) is 0 Å². The van der Waals surface area contributed by atoms with E-state index in [4.69, 9.17) is 4.55 Å². The van der Waals surface area contributed by atoms with Gasteiger partial charge in [0.2, 0.25) is 10.4 Å². The van der Waals surface area contributed by atoms with Crippen LogP contribution in [-0.2, 0) is 25.4 Å². The molecule has 0 aliphatic rings. The summed E-state index contributed by atoms with van der Waals surface area (Å²) in [5.41, 5.74) is 0. The van der Waals surface area contributed by atoms with Crippen molar-refractivity contribution in [3.8, 4) is 0 Å². The zero-order chi connectivity index (χ0) is 6.78. The molecule has 0 aromatic heterocycles. The van der Waals surface area contributed by atoms with Gasteiger partial charge in [0.15, 0.2) is 0 Å². The van der Waals surface area contributed by atoms with Crippen molar-refractivity contribution in [2.75, 3.05) is 0 Å². The van der Waals surface area contributed by atoms with Crippen molar-refractivity contribution in [1.29, 1.82) is 0 Å². The van der Waals surface area contributed by atoms with Gasteiger partial charge in [0.25, 0.3) is 0 Å². The summed E-state index contributed by atoms with van der Waals surface area (Å²) in [7, 11) is -5.02. The summed E-state index contributed by atoms with van der Waals surface area (Å²) in [5.74, 6) is 0. The summed E-state index contributed by atoms with van der Waals surface area (Å²) in [6.07, 6.45) is 0. The molecular weight excluding hydrogens is 197 g/mol. The van der Waals surface area contributed by atoms with E-state index in [0.717, 1.165) is 0 Å². The minimum Gasteiger partial charge on any atom is -0.725 e. The average Bonchev–Trinajstić information content (AvgIpc) is 1.21. The van der Waals surface area contributed by atoms with Crippen molar-refractivity contribution in [2.45, 2.75) is 0 Å². The first kappa shape index (κ1) is 17.1. The first-order valence-corrected chi connectivity index (χ1v) is 3.55. The quantitative estimate of drug-likeness (QED) is 0.199. The van der Waals surface area contributed by atoms with Crippen LogP contribution in [-0.4, -0.2) is 21.7 Å². The molecule has 1 atom stereocenters. The Hall–Kier alpha value is 0.940. The van der Waals surface area contributed by atoms with Gasteiger partial charge in [0.1, 0.15) is 0 Å². The molecule has 0 radical (unpaired) electrons. The van der Waals surface area contributed by atoms with E-state index in [1.54, 1.807) is 0 Å². The normalized spacial score (nSPS) is 12.6. The molecule has 10 heteroatoms. The summed E-state index contributed by atoms with van der Waals surface area (Å²) < 4.78 is 47.7. The topological polar surface area (TPSA) is 139 Å². The third-order valence-electron chi connectivity index (χ3n) is 0.142. The fourth-order valence-electron chi connectivity index (χ4n) is 0.0713. The van der Waals surface area contributed by atoms with E-state index in [1.807, 2.05) is 0 Å². The summed E-state index contributed by atoms with van der Waals surface area (Å²) in [5, 5.41) is 0. The van der Waals surface area contributed by atoms with E-state index in [9.17, 15) is 17.2 Å². The number of hydrogen-bond acceptors (Lipinski definition) is 6. The Balaban J connectivity index is -0.000000245. The molecule has 7 nitrogen and oxygen atoms in total. The second kappa shape index (κ2) is 6.64. The summed E-state index contributed by atoms with van der Waals surface area (Å²) in [4.78, 5) is 0. The van der Waals surface area contributed by atoms with E-state index in [0.29, 0.717) is 0 Å². The predicted octanol–water partition coefficient (Wildman–Crippen LogP) is -4.23. The van der Waals surface area contributed by atoms with Crippen LogP contribution in [0.5, 0.6) is 0 Å². The second-order valence-electron chi connectivity index (χ2n) is 0.693. The van der Waals surface area contributed by atoms with Gasteiger partial charge in [-0.05, 0) is 0 Å². The minimum atomic E-state index is -5.02. The smallest absolute Gasteiger partial charge is 0.725 e. The van der Waals surface area contributed by atoms with Crippen molar-refractivity contribution < 1.29 is 54.9 Å². The van der Waals surface area contributed by atoms with Gasteiger partial charge in [-0.25, -0.2) is 8.42 Å². The molecule has 0 rings (SSSR count). The van der Waals surface area contributed by atoms with E-state index in [1.165, 1.54) is 0 Å². The minimum absolute atomic E-state index is 0. The molecular formula is H4NNaO6S2. The summed E-state index contributed by atoms with van der Waals surface area (Å²) in [6.45, 7) is 0. The van der Waals surface area contributed by atoms with Gasteiger partial charge in [-0.15, -0.1) is 0 Å². The predicted molar refractivity (Wildman–Crippen MR) is 26.6 cm³/mol. The van der Waals surface area contributed by atoms with Gasteiger partial charge in [0, 0.05) is 0 Å². The van der Waals surface area contributed by atoms with Gasteiger partial charge in [-0.1, -0.05) is 0 Å². The van der Waals surface area contributed by atoms with Crippen LogP contribution in [0.1, 0.15) is 0 Å². The third kappa shape index (κ3) is 16.0. The van der Waals surface area contributed by atoms with Crippen molar-refractivity contribution in [3.63, 3.8) is 0 Å². The zero-order valence-corrected chi connectivity index (χ0v) is 8.65. The SMILES string of the molecule is N.O=S(O)OS(=O)(=O)[O-].[Na+]. The van der Waals surface area contributed by atoms with Crippen LogP contribution >= 0.6 is 0 Å². The van der Waals surface area contributed by atoms with E-state index < -0.39 is 21.8 Å². The maximum Gasteiger partial charge on any atom is 1.00 e. The molecule has 0 fully saturated rings. The van der Waals surface area contributed by atoms with Crippen LogP contribution < -0.4 is 35.7 Å². The maximum absolute atomic E-state index is 9.32. The zero-order valence-electron chi connectivity index (χ0n) is 5.01. The summed E-state index contributed by atoms with van der Waals surface area (Å²) >= 11 is -3.04. The number of hydrogen-bond donors (Lipinski definition) is 2. The molecule has 0 spiro atoms. The number of rotatable bonds is 2. The molecule has 0 aliphatic heterocycles. The van der Waals surface area contributed by atoms with Crippen LogP contribution in [0.3, 0.4) is 0 Å². The molecule has 58 valence electrons. The van der Waals surface area contributed by atoms with Crippen LogP contribution in [0.15, 0.2) is 0 Å². The Kier molecular flexibility index (Phi) is 11.4. The average molecular weight is 201 g/mol. The maximum atomic E-state index is 9.32. The Labute approximate surface area is 82.5 Å². The van der Waals surface area contributed by atoms with Crippen molar-refractivity contribution in [2.24, 2.45) is 0 Å².